The molecule has 0 radical (unpaired) electrons. The van der Waals surface area contributed by atoms with Crippen LogP contribution in [0.15, 0.2) is 22.0 Å². The second-order valence-electron chi connectivity index (χ2n) is 5.43. The lowest BCUT2D eigenvalue weighted by atomic mass is 9.96. The zero-order chi connectivity index (χ0) is 14.8. The molecule has 0 saturated heterocycles. The van der Waals surface area contributed by atoms with Gasteiger partial charge in [0.1, 0.15) is 5.70 Å². The molecule has 2 heterocycles. The van der Waals surface area contributed by atoms with Gasteiger partial charge in [0.05, 0.1) is 0 Å². The van der Waals surface area contributed by atoms with Crippen molar-refractivity contribution in [1.82, 2.24) is 15.5 Å². The van der Waals surface area contributed by atoms with Crippen LogP contribution in [-0.2, 0) is 10.2 Å². The van der Waals surface area contributed by atoms with Crippen LogP contribution in [-0.4, -0.2) is 16.0 Å². The van der Waals surface area contributed by atoms with Crippen LogP contribution >= 0.6 is 11.3 Å². The van der Waals surface area contributed by atoms with Gasteiger partial charge in [-0.2, -0.15) is 4.98 Å². The first-order chi connectivity index (χ1) is 9.36. The molecule has 20 heavy (non-hydrogen) atoms. The Morgan fingerprint density at radius 1 is 1.45 bits per heavy atom. The van der Waals surface area contributed by atoms with Gasteiger partial charge >= 0.3 is 0 Å². The van der Waals surface area contributed by atoms with Crippen LogP contribution in [0.1, 0.15) is 44.3 Å². The summed E-state index contributed by atoms with van der Waals surface area (Å²) in [5.74, 6) is 0.747. The fourth-order valence-electron chi connectivity index (χ4n) is 1.49. The largest absolute Gasteiger partial charge is 0.332 e. The summed E-state index contributed by atoms with van der Waals surface area (Å²) in [6.07, 6.45) is 1.83. The quantitative estimate of drug-likeness (QED) is 0.943. The molecule has 0 aliphatic rings. The van der Waals surface area contributed by atoms with E-state index in [1.807, 2.05) is 44.4 Å². The molecule has 0 bridgehead atoms. The van der Waals surface area contributed by atoms with Crippen LogP contribution in [0.4, 0.5) is 0 Å². The molecule has 2 aromatic heterocycles. The van der Waals surface area contributed by atoms with Gasteiger partial charge in [0.25, 0.3) is 5.89 Å². The summed E-state index contributed by atoms with van der Waals surface area (Å²) in [5, 5.41) is 8.67. The predicted octanol–water partition coefficient (Wildman–Crippen LogP) is 3.06. The SMILES string of the molecule is CC(=O)N/C(=C/c1cccs1)c1nc(C(C)(C)C)no1. The molecular weight excluding hydrogens is 274 g/mol. The van der Waals surface area contributed by atoms with Crippen molar-refractivity contribution in [3.8, 4) is 0 Å². The molecule has 0 atom stereocenters. The van der Waals surface area contributed by atoms with Gasteiger partial charge in [-0.25, -0.2) is 0 Å². The van der Waals surface area contributed by atoms with Crippen molar-refractivity contribution in [3.63, 3.8) is 0 Å². The predicted molar refractivity (Wildman–Crippen MR) is 79.0 cm³/mol. The average molecular weight is 291 g/mol. The molecular formula is C14H17N3O2S. The van der Waals surface area contributed by atoms with Gasteiger partial charge in [-0.1, -0.05) is 32.0 Å². The molecule has 0 aliphatic carbocycles. The maximum atomic E-state index is 11.3. The Hall–Kier alpha value is -1.95. The lowest BCUT2D eigenvalue weighted by Gasteiger charge is -2.11. The van der Waals surface area contributed by atoms with Crippen molar-refractivity contribution >= 4 is 29.0 Å². The summed E-state index contributed by atoms with van der Waals surface area (Å²) < 4.78 is 5.26. The lowest BCUT2D eigenvalue weighted by molar-refractivity contribution is -0.117. The minimum atomic E-state index is -0.202. The van der Waals surface area contributed by atoms with E-state index in [0.717, 1.165) is 4.88 Å². The summed E-state index contributed by atoms with van der Waals surface area (Å²) in [5.41, 5.74) is 0.314. The molecule has 6 heteroatoms. The summed E-state index contributed by atoms with van der Waals surface area (Å²) in [6, 6.07) is 3.89. The first-order valence-electron chi connectivity index (χ1n) is 6.23. The van der Waals surface area contributed by atoms with Crippen LogP contribution in [0.2, 0.25) is 0 Å². The molecule has 2 rings (SSSR count). The Kier molecular flexibility index (Phi) is 4.04. The van der Waals surface area contributed by atoms with Crippen molar-refractivity contribution in [2.45, 2.75) is 33.1 Å². The van der Waals surface area contributed by atoms with E-state index in [2.05, 4.69) is 15.5 Å². The topological polar surface area (TPSA) is 68.0 Å². The number of thiophene rings is 1. The Morgan fingerprint density at radius 3 is 2.70 bits per heavy atom. The van der Waals surface area contributed by atoms with Gasteiger partial charge in [-0.3, -0.25) is 4.79 Å². The molecule has 0 aromatic carbocycles. The highest BCUT2D eigenvalue weighted by atomic mass is 32.1. The number of hydrogen-bond acceptors (Lipinski definition) is 5. The number of nitrogens with zero attached hydrogens (tertiary/aromatic N) is 2. The number of rotatable bonds is 3. The fraction of sp³-hybridized carbons (Fsp3) is 0.357. The highest BCUT2D eigenvalue weighted by Crippen LogP contribution is 2.22. The van der Waals surface area contributed by atoms with E-state index in [1.165, 1.54) is 6.92 Å². The minimum absolute atomic E-state index is 0.177. The zero-order valence-corrected chi connectivity index (χ0v) is 12.7. The van der Waals surface area contributed by atoms with E-state index in [0.29, 0.717) is 17.4 Å². The van der Waals surface area contributed by atoms with Crippen LogP contribution in [0.3, 0.4) is 0 Å². The van der Waals surface area contributed by atoms with E-state index in [1.54, 1.807) is 11.3 Å². The van der Waals surface area contributed by atoms with Crippen LogP contribution in [0, 0.1) is 0 Å². The molecule has 0 aliphatic heterocycles. The van der Waals surface area contributed by atoms with Crippen LogP contribution in [0.25, 0.3) is 11.8 Å². The average Bonchev–Trinajstić information content (AvgIpc) is 2.97. The first kappa shape index (κ1) is 14.5. The van der Waals surface area contributed by atoms with Gasteiger partial charge in [0, 0.05) is 17.2 Å². The molecule has 2 aromatic rings. The van der Waals surface area contributed by atoms with Crippen molar-refractivity contribution in [3.05, 3.63) is 34.1 Å². The van der Waals surface area contributed by atoms with E-state index in [-0.39, 0.29) is 11.3 Å². The second kappa shape index (κ2) is 5.58. The first-order valence-corrected chi connectivity index (χ1v) is 7.11. The molecule has 0 unspecified atom stereocenters. The fourth-order valence-corrected chi connectivity index (χ4v) is 2.15. The van der Waals surface area contributed by atoms with Gasteiger partial charge in [-0.15, -0.1) is 11.3 Å². The Labute approximate surface area is 121 Å². The highest BCUT2D eigenvalue weighted by molar-refractivity contribution is 7.10. The monoisotopic (exact) mass is 291 g/mol. The lowest BCUT2D eigenvalue weighted by Crippen LogP contribution is -2.18. The summed E-state index contributed by atoms with van der Waals surface area (Å²) >= 11 is 1.57. The number of amides is 1. The molecule has 0 saturated carbocycles. The molecule has 5 nitrogen and oxygen atoms in total. The maximum absolute atomic E-state index is 11.3. The molecule has 1 N–H and O–H groups in total. The van der Waals surface area contributed by atoms with Gasteiger partial charge < -0.3 is 9.84 Å². The third-order valence-corrected chi connectivity index (χ3v) is 3.29. The van der Waals surface area contributed by atoms with Gasteiger partial charge in [0.2, 0.25) is 5.91 Å². The van der Waals surface area contributed by atoms with Crippen molar-refractivity contribution in [1.29, 1.82) is 0 Å². The van der Waals surface area contributed by atoms with E-state index >= 15 is 0 Å². The smallest absolute Gasteiger partial charge is 0.274 e. The third kappa shape index (κ3) is 3.54. The van der Waals surface area contributed by atoms with E-state index < -0.39 is 0 Å². The number of hydrogen-bond donors (Lipinski definition) is 1. The normalized spacial score (nSPS) is 12.5. The number of carbonyl (C=O) groups excluding carboxylic acids is 1. The van der Waals surface area contributed by atoms with Crippen LogP contribution < -0.4 is 5.32 Å². The van der Waals surface area contributed by atoms with Crippen molar-refractivity contribution in [2.24, 2.45) is 0 Å². The Morgan fingerprint density at radius 2 is 2.20 bits per heavy atom. The summed E-state index contributed by atoms with van der Waals surface area (Å²) in [4.78, 5) is 16.7. The Balaban J connectivity index is 2.37. The number of aromatic nitrogens is 2. The van der Waals surface area contributed by atoms with Gasteiger partial charge in [-0.05, 0) is 17.5 Å². The standard InChI is InChI=1S/C14H17N3O2S/c1-9(18)15-11(8-10-6-5-7-20-10)12-16-13(17-19-12)14(2,3)4/h5-8H,1-4H3,(H,15,18)/b11-8+. The van der Waals surface area contributed by atoms with Gasteiger partial charge in [0.15, 0.2) is 5.82 Å². The number of carbonyl (C=O) groups is 1. The second-order valence-corrected chi connectivity index (χ2v) is 6.41. The third-order valence-electron chi connectivity index (χ3n) is 2.47. The molecule has 0 fully saturated rings. The Bertz CT molecular complexity index is 621. The molecule has 1 amide bonds. The number of nitrogens with one attached hydrogen (secondary N) is 1. The maximum Gasteiger partial charge on any atom is 0.274 e. The summed E-state index contributed by atoms with van der Waals surface area (Å²) in [7, 11) is 0. The molecule has 106 valence electrons. The molecule has 0 spiro atoms. The van der Waals surface area contributed by atoms with Crippen molar-refractivity contribution in [2.75, 3.05) is 0 Å². The van der Waals surface area contributed by atoms with Crippen molar-refractivity contribution < 1.29 is 9.32 Å². The highest BCUT2D eigenvalue weighted by Gasteiger charge is 2.22. The van der Waals surface area contributed by atoms with Crippen LogP contribution in [0.5, 0.6) is 0 Å². The van der Waals surface area contributed by atoms with E-state index in [9.17, 15) is 4.79 Å². The van der Waals surface area contributed by atoms with E-state index in [4.69, 9.17) is 4.52 Å². The zero-order valence-electron chi connectivity index (χ0n) is 11.9. The summed E-state index contributed by atoms with van der Waals surface area (Å²) in [6.45, 7) is 7.46. The minimum Gasteiger partial charge on any atom is -0.332 e.